The van der Waals surface area contributed by atoms with Crippen molar-refractivity contribution in [1.82, 2.24) is 5.43 Å². The maximum atomic E-state index is 4.83. The van der Waals surface area contributed by atoms with E-state index in [9.17, 15) is 0 Å². The minimum Gasteiger partial charge on any atom is -0.361 e. The summed E-state index contributed by atoms with van der Waals surface area (Å²) in [5.41, 5.74) is 2.73. The molecule has 0 amide bonds. The van der Waals surface area contributed by atoms with Crippen LogP contribution < -0.4 is 5.43 Å². The van der Waals surface area contributed by atoms with Crippen LogP contribution >= 0.6 is 0 Å². The number of hydrazone groups is 1. The van der Waals surface area contributed by atoms with Crippen molar-refractivity contribution in [3.8, 4) is 0 Å². The normalized spacial score (nSPS) is 14.4. The smallest absolute Gasteiger partial charge is 0.139 e. The Bertz CT molecular complexity index is 72.8. The number of nitrogens with zero attached hydrogens (tertiary/aromatic N) is 1. The molecule has 0 aromatic rings. The molecule has 0 aliphatic rings. The standard InChI is InChI=1S/C5H12N2O/c1-4-6-7-5(2)8-3/h4-5,7H,1-3H3/b6-4-. The van der Waals surface area contributed by atoms with E-state index in [0.29, 0.717) is 0 Å². The lowest BCUT2D eigenvalue weighted by Gasteiger charge is -2.06. The van der Waals surface area contributed by atoms with Crippen LogP contribution in [0.5, 0.6) is 0 Å². The number of hydrogen-bond acceptors (Lipinski definition) is 3. The highest BCUT2D eigenvalue weighted by atomic mass is 16.5. The van der Waals surface area contributed by atoms with Gasteiger partial charge in [0.05, 0.1) is 0 Å². The SMILES string of the molecule is C/C=N\NC(C)OC. The summed E-state index contributed by atoms with van der Waals surface area (Å²) >= 11 is 0. The summed E-state index contributed by atoms with van der Waals surface area (Å²) in [4.78, 5) is 0. The first-order valence-electron chi connectivity index (χ1n) is 2.57. The Kier molecular flexibility index (Phi) is 4.26. The van der Waals surface area contributed by atoms with Gasteiger partial charge in [-0.3, -0.25) is 5.43 Å². The first kappa shape index (κ1) is 7.43. The van der Waals surface area contributed by atoms with Gasteiger partial charge >= 0.3 is 0 Å². The zero-order chi connectivity index (χ0) is 6.41. The monoisotopic (exact) mass is 116 g/mol. The summed E-state index contributed by atoms with van der Waals surface area (Å²) < 4.78 is 4.83. The molecule has 8 heavy (non-hydrogen) atoms. The molecular weight excluding hydrogens is 104 g/mol. The molecular formula is C5H12N2O. The predicted octanol–water partition coefficient (Wildman–Crippen LogP) is 0.574. The summed E-state index contributed by atoms with van der Waals surface area (Å²) in [6.07, 6.45) is 1.68. The molecule has 0 aliphatic heterocycles. The van der Waals surface area contributed by atoms with Crippen molar-refractivity contribution < 1.29 is 4.74 Å². The minimum absolute atomic E-state index is 0.00574. The highest BCUT2D eigenvalue weighted by Gasteiger charge is 1.89. The summed E-state index contributed by atoms with van der Waals surface area (Å²) in [5.74, 6) is 0. The molecule has 48 valence electrons. The van der Waals surface area contributed by atoms with Gasteiger partial charge in [0.1, 0.15) is 6.23 Å². The highest BCUT2D eigenvalue weighted by molar-refractivity contribution is 5.52. The fourth-order valence-electron chi connectivity index (χ4n) is 0.232. The van der Waals surface area contributed by atoms with Crippen LogP contribution in [-0.2, 0) is 4.74 Å². The van der Waals surface area contributed by atoms with Crippen LogP contribution in [0, 0.1) is 0 Å². The van der Waals surface area contributed by atoms with Gasteiger partial charge in [-0.2, -0.15) is 5.10 Å². The van der Waals surface area contributed by atoms with E-state index in [1.807, 2.05) is 13.8 Å². The van der Waals surface area contributed by atoms with Crippen molar-refractivity contribution in [3.05, 3.63) is 0 Å². The third-order valence-corrected chi connectivity index (χ3v) is 0.739. The van der Waals surface area contributed by atoms with Gasteiger partial charge in [0.2, 0.25) is 0 Å². The van der Waals surface area contributed by atoms with Crippen molar-refractivity contribution in [2.45, 2.75) is 20.1 Å². The average Bonchev–Trinajstić information content (AvgIpc) is 1.83. The Morgan fingerprint density at radius 2 is 2.38 bits per heavy atom. The van der Waals surface area contributed by atoms with Gasteiger partial charge in [0.25, 0.3) is 0 Å². The fourth-order valence-corrected chi connectivity index (χ4v) is 0.232. The molecule has 0 spiro atoms. The maximum Gasteiger partial charge on any atom is 0.139 e. The van der Waals surface area contributed by atoms with Crippen LogP contribution in [0.25, 0.3) is 0 Å². The van der Waals surface area contributed by atoms with Crippen molar-refractivity contribution in [1.29, 1.82) is 0 Å². The lowest BCUT2D eigenvalue weighted by atomic mass is 10.7. The molecule has 0 saturated heterocycles. The van der Waals surface area contributed by atoms with E-state index < -0.39 is 0 Å². The molecule has 1 unspecified atom stereocenters. The van der Waals surface area contributed by atoms with Crippen LogP contribution in [0.1, 0.15) is 13.8 Å². The molecule has 3 nitrogen and oxygen atoms in total. The molecule has 0 saturated carbocycles. The fraction of sp³-hybridized carbons (Fsp3) is 0.800. The van der Waals surface area contributed by atoms with Crippen LogP contribution in [0.3, 0.4) is 0 Å². The number of methoxy groups -OCH3 is 1. The van der Waals surface area contributed by atoms with Crippen molar-refractivity contribution in [3.63, 3.8) is 0 Å². The Morgan fingerprint density at radius 3 is 2.75 bits per heavy atom. The third-order valence-electron chi connectivity index (χ3n) is 0.739. The summed E-state index contributed by atoms with van der Waals surface area (Å²) in [6.45, 7) is 3.72. The number of ether oxygens (including phenoxy) is 1. The Morgan fingerprint density at radius 1 is 1.75 bits per heavy atom. The molecule has 0 aliphatic carbocycles. The second-order valence-electron chi connectivity index (χ2n) is 1.39. The van der Waals surface area contributed by atoms with Crippen LogP contribution in [0.4, 0.5) is 0 Å². The molecule has 1 N–H and O–H groups in total. The van der Waals surface area contributed by atoms with Gasteiger partial charge in [0.15, 0.2) is 0 Å². The largest absolute Gasteiger partial charge is 0.361 e. The van der Waals surface area contributed by atoms with Crippen molar-refractivity contribution in [2.24, 2.45) is 5.10 Å². The van der Waals surface area contributed by atoms with E-state index >= 15 is 0 Å². The first-order valence-corrected chi connectivity index (χ1v) is 2.57. The molecule has 0 rings (SSSR count). The molecule has 1 atom stereocenters. The second-order valence-corrected chi connectivity index (χ2v) is 1.39. The van der Waals surface area contributed by atoms with Gasteiger partial charge in [-0.25, -0.2) is 0 Å². The van der Waals surface area contributed by atoms with E-state index in [-0.39, 0.29) is 6.23 Å². The van der Waals surface area contributed by atoms with Gasteiger partial charge in [-0.1, -0.05) is 0 Å². The minimum atomic E-state index is 0.00574. The molecule has 0 radical (unpaired) electrons. The predicted molar refractivity (Wildman–Crippen MR) is 33.8 cm³/mol. The van der Waals surface area contributed by atoms with Crippen molar-refractivity contribution >= 4 is 6.21 Å². The summed E-state index contributed by atoms with van der Waals surface area (Å²) in [7, 11) is 1.63. The van der Waals surface area contributed by atoms with Crippen LogP contribution in [0.15, 0.2) is 5.10 Å². The topological polar surface area (TPSA) is 33.6 Å². The van der Waals surface area contributed by atoms with Gasteiger partial charge in [-0.05, 0) is 13.8 Å². The maximum absolute atomic E-state index is 4.83. The number of nitrogens with one attached hydrogen (secondary N) is 1. The van der Waals surface area contributed by atoms with E-state index in [1.165, 1.54) is 0 Å². The van der Waals surface area contributed by atoms with E-state index in [1.54, 1.807) is 13.3 Å². The van der Waals surface area contributed by atoms with E-state index in [4.69, 9.17) is 4.74 Å². The van der Waals surface area contributed by atoms with Gasteiger partial charge in [0, 0.05) is 13.3 Å². The van der Waals surface area contributed by atoms with Crippen molar-refractivity contribution in [2.75, 3.05) is 7.11 Å². The lowest BCUT2D eigenvalue weighted by Crippen LogP contribution is -2.21. The van der Waals surface area contributed by atoms with Crippen LogP contribution in [-0.4, -0.2) is 19.6 Å². The summed E-state index contributed by atoms with van der Waals surface area (Å²) in [6, 6.07) is 0. The molecule has 3 heteroatoms. The average molecular weight is 116 g/mol. The summed E-state index contributed by atoms with van der Waals surface area (Å²) in [5, 5.41) is 3.74. The quantitative estimate of drug-likeness (QED) is 0.332. The van der Waals surface area contributed by atoms with Crippen LogP contribution in [0.2, 0.25) is 0 Å². The molecule has 0 fully saturated rings. The second kappa shape index (κ2) is 4.59. The molecule has 0 heterocycles. The first-order chi connectivity index (χ1) is 3.81. The Balaban J connectivity index is 3.10. The number of hydrogen-bond donors (Lipinski definition) is 1. The zero-order valence-corrected chi connectivity index (χ0v) is 5.51. The Hall–Kier alpha value is -0.570. The zero-order valence-electron chi connectivity index (χ0n) is 5.51. The lowest BCUT2D eigenvalue weighted by molar-refractivity contribution is 0.0909. The third kappa shape index (κ3) is 3.61. The van der Waals surface area contributed by atoms with Gasteiger partial charge in [-0.15, -0.1) is 0 Å². The molecule has 0 aromatic carbocycles. The Labute approximate surface area is 49.7 Å². The molecule has 0 bridgehead atoms. The molecule has 0 aromatic heterocycles. The van der Waals surface area contributed by atoms with E-state index in [2.05, 4.69) is 10.5 Å². The van der Waals surface area contributed by atoms with E-state index in [0.717, 1.165) is 0 Å². The van der Waals surface area contributed by atoms with Gasteiger partial charge < -0.3 is 4.74 Å². The number of rotatable bonds is 3. The highest BCUT2D eigenvalue weighted by Crippen LogP contribution is 1.77.